The number of allylic oxidation sites excluding steroid dienone is 5. The summed E-state index contributed by atoms with van der Waals surface area (Å²) in [5, 5.41) is 10.9. The predicted molar refractivity (Wildman–Crippen MR) is 186 cm³/mol. The highest BCUT2D eigenvalue weighted by atomic mass is 16.5. The normalized spacial score (nSPS) is 28.0. The van der Waals surface area contributed by atoms with Crippen molar-refractivity contribution in [3.8, 4) is 16.9 Å². The first-order valence-electron chi connectivity index (χ1n) is 17.7. The number of carbonyl (C=O) groups is 2. The average Bonchev–Trinajstić information content (AvgIpc) is 3.60. The lowest BCUT2D eigenvalue weighted by atomic mass is 9.44. The molecule has 244 valence electrons. The number of phenols is 1. The molecular weight excluding hydrogens is 596 g/mol. The first-order chi connectivity index (χ1) is 23.4. The number of benzene rings is 3. The van der Waals surface area contributed by atoms with Crippen LogP contribution < -0.4 is 0 Å². The van der Waals surface area contributed by atoms with Gasteiger partial charge in [0, 0.05) is 17.1 Å². The second kappa shape index (κ2) is 12.1. The van der Waals surface area contributed by atoms with E-state index in [1.54, 1.807) is 6.07 Å². The molecule has 3 aromatic rings. The van der Waals surface area contributed by atoms with Crippen molar-refractivity contribution in [2.75, 3.05) is 0 Å². The summed E-state index contributed by atoms with van der Waals surface area (Å²) in [4.78, 5) is 28.4. The van der Waals surface area contributed by atoms with E-state index in [-0.39, 0.29) is 41.4 Å². The van der Waals surface area contributed by atoms with E-state index in [0.717, 1.165) is 84.8 Å². The number of fused-ring (bicyclic) bond motifs is 1. The van der Waals surface area contributed by atoms with E-state index in [0.29, 0.717) is 17.1 Å². The smallest absolute Gasteiger partial charge is 0.340 e. The molecule has 0 amide bonds. The van der Waals surface area contributed by atoms with Crippen molar-refractivity contribution in [1.82, 2.24) is 0 Å². The fourth-order valence-electron chi connectivity index (χ4n) is 9.57. The van der Waals surface area contributed by atoms with Crippen LogP contribution in [0, 0.1) is 29.1 Å². The zero-order valence-electron chi connectivity index (χ0n) is 27.7. The molecular formula is C43H42O5. The minimum absolute atomic E-state index is 0.0415. The monoisotopic (exact) mass is 638 g/mol. The molecule has 1 N–H and O–H groups in total. The maximum Gasteiger partial charge on any atom is 0.340 e. The van der Waals surface area contributed by atoms with Gasteiger partial charge in [-0.05, 0) is 115 Å². The lowest BCUT2D eigenvalue weighted by Crippen LogP contribution is -2.52. The fraction of sp³-hybridized carbons (Fsp3) is 0.349. The van der Waals surface area contributed by atoms with Crippen molar-refractivity contribution >= 4 is 17.5 Å². The Morgan fingerprint density at radius 3 is 2.42 bits per heavy atom. The van der Waals surface area contributed by atoms with Gasteiger partial charge >= 0.3 is 11.9 Å². The molecule has 5 nitrogen and oxygen atoms in total. The zero-order valence-corrected chi connectivity index (χ0v) is 27.7. The number of ether oxygens (including phenoxy) is 2. The van der Waals surface area contributed by atoms with Gasteiger partial charge in [-0.2, -0.15) is 0 Å². The van der Waals surface area contributed by atoms with Crippen LogP contribution in [-0.2, 0) is 25.5 Å². The topological polar surface area (TPSA) is 72.8 Å². The molecule has 4 aliphatic carbocycles. The maximum atomic E-state index is 14.5. The summed E-state index contributed by atoms with van der Waals surface area (Å²) in [6.07, 6.45) is 11.1. The highest BCUT2D eigenvalue weighted by Crippen LogP contribution is 2.72. The maximum absolute atomic E-state index is 14.5. The van der Waals surface area contributed by atoms with Crippen LogP contribution in [-0.4, -0.2) is 17.0 Å². The highest BCUT2D eigenvalue weighted by molar-refractivity contribution is 6.07. The molecule has 2 aliphatic heterocycles. The number of carbonyl (C=O) groups excluding carboxylic acids is 2. The molecule has 0 aromatic heterocycles. The van der Waals surface area contributed by atoms with Gasteiger partial charge < -0.3 is 14.6 Å². The third kappa shape index (κ3) is 4.73. The lowest BCUT2D eigenvalue weighted by molar-refractivity contribution is -0.135. The summed E-state index contributed by atoms with van der Waals surface area (Å²) < 4.78 is 12.5. The van der Waals surface area contributed by atoms with Gasteiger partial charge in [0.15, 0.2) is 0 Å². The van der Waals surface area contributed by atoms with Gasteiger partial charge in [-0.25, -0.2) is 9.59 Å². The molecule has 5 heteroatoms. The summed E-state index contributed by atoms with van der Waals surface area (Å²) in [5.74, 6) is 1.11. The van der Waals surface area contributed by atoms with Gasteiger partial charge in [-0.1, -0.05) is 87.0 Å². The van der Waals surface area contributed by atoms with Crippen LogP contribution in [0.15, 0.2) is 119 Å². The van der Waals surface area contributed by atoms with E-state index in [1.165, 1.54) is 5.56 Å². The number of cyclic esters (lactones) is 2. The third-order valence-electron chi connectivity index (χ3n) is 11.6. The Morgan fingerprint density at radius 1 is 0.896 bits per heavy atom. The molecule has 1 spiro atoms. The van der Waals surface area contributed by atoms with Crippen molar-refractivity contribution in [2.45, 2.75) is 65.2 Å². The summed E-state index contributed by atoms with van der Waals surface area (Å²) in [5.41, 5.74) is 6.80. The molecule has 9 rings (SSSR count). The first kappa shape index (κ1) is 30.7. The number of hydrogen-bond acceptors (Lipinski definition) is 5. The van der Waals surface area contributed by atoms with Crippen molar-refractivity contribution in [3.05, 3.63) is 130 Å². The summed E-state index contributed by atoms with van der Waals surface area (Å²) in [6, 6.07) is 26.1. The second-order valence-electron chi connectivity index (χ2n) is 14.1. The van der Waals surface area contributed by atoms with Crippen LogP contribution in [0.2, 0.25) is 0 Å². The number of rotatable bonds is 8. The Hall–Kier alpha value is -4.64. The molecule has 1 saturated carbocycles. The van der Waals surface area contributed by atoms with Crippen LogP contribution in [0.1, 0.15) is 69.9 Å². The van der Waals surface area contributed by atoms with Crippen LogP contribution in [0.5, 0.6) is 5.75 Å². The van der Waals surface area contributed by atoms with Gasteiger partial charge in [0.05, 0.1) is 11.0 Å². The molecule has 3 aromatic carbocycles. The van der Waals surface area contributed by atoms with Gasteiger partial charge in [-0.15, -0.1) is 0 Å². The van der Waals surface area contributed by atoms with Crippen molar-refractivity contribution in [3.63, 3.8) is 0 Å². The van der Waals surface area contributed by atoms with Crippen LogP contribution >= 0.6 is 0 Å². The van der Waals surface area contributed by atoms with Gasteiger partial charge in [0.25, 0.3) is 0 Å². The van der Waals surface area contributed by atoms with Crippen LogP contribution in [0.3, 0.4) is 0 Å². The molecule has 2 heterocycles. The minimum Gasteiger partial charge on any atom is -0.508 e. The van der Waals surface area contributed by atoms with Crippen LogP contribution in [0.25, 0.3) is 16.7 Å². The van der Waals surface area contributed by atoms with E-state index < -0.39 is 5.41 Å². The van der Waals surface area contributed by atoms with Crippen molar-refractivity contribution in [2.24, 2.45) is 29.1 Å². The number of aromatic hydroxyl groups is 1. The SMILES string of the molecule is CCC/C=C1\OC(=O)C2=C1CC[C@H]1[C@H]3CC[C@]4(C(=C3c3cc(O)ccc3-c3ccccc3)C(=O)O/C4=C\[C@H](CC)Cc3ccccc3)[C@@H]21. The first-order valence-corrected chi connectivity index (χ1v) is 17.7. The van der Waals surface area contributed by atoms with Gasteiger partial charge in [0.2, 0.25) is 0 Å². The van der Waals surface area contributed by atoms with E-state index in [1.807, 2.05) is 36.4 Å². The molecule has 2 bridgehead atoms. The van der Waals surface area contributed by atoms with E-state index in [2.05, 4.69) is 62.4 Å². The van der Waals surface area contributed by atoms with Crippen LogP contribution in [0.4, 0.5) is 0 Å². The number of unbranched alkanes of at least 4 members (excludes halogenated alkanes) is 1. The number of hydrogen-bond donors (Lipinski definition) is 1. The minimum atomic E-state index is -0.782. The zero-order chi connectivity index (χ0) is 33.0. The standard InChI is InChI=1S/C43H42O5/c1-3-5-16-35-33-20-19-32-31-21-22-43(39(32)38(33)41(45)47-35)36(24-26(4-2)23-27-12-8-6-9-13-27)48-42(46)40(43)37(31)34-25-29(44)17-18-30(34)28-14-10-7-11-15-28/h6-18,24-26,31-32,39,44H,3-5,19-23H2,1-2H3/b35-16-,36-24-/t26-,31-,32+,39-,43-/m1/s1. The Balaban J connectivity index is 1.37. The second-order valence-corrected chi connectivity index (χ2v) is 14.1. The highest BCUT2D eigenvalue weighted by Gasteiger charge is 2.68. The quantitative estimate of drug-likeness (QED) is 0.249. The molecule has 5 atom stereocenters. The molecule has 2 fully saturated rings. The molecule has 0 unspecified atom stereocenters. The third-order valence-corrected chi connectivity index (χ3v) is 11.6. The van der Waals surface area contributed by atoms with Gasteiger partial charge in [-0.3, -0.25) is 0 Å². The lowest BCUT2D eigenvalue weighted by Gasteiger charge is -2.56. The van der Waals surface area contributed by atoms with Gasteiger partial charge in [0.1, 0.15) is 17.3 Å². The number of phenolic OH excluding ortho intramolecular Hbond substituents is 1. The van der Waals surface area contributed by atoms with Crippen molar-refractivity contribution in [1.29, 1.82) is 0 Å². The predicted octanol–water partition coefficient (Wildman–Crippen LogP) is 9.50. The summed E-state index contributed by atoms with van der Waals surface area (Å²) >= 11 is 0. The number of esters is 2. The molecule has 0 radical (unpaired) electrons. The Labute approximate surface area is 282 Å². The largest absolute Gasteiger partial charge is 0.508 e. The van der Waals surface area contributed by atoms with Crippen molar-refractivity contribution < 1.29 is 24.2 Å². The Kier molecular flexibility index (Phi) is 7.74. The van der Waals surface area contributed by atoms with E-state index >= 15 is 0 Å². The molecule has 6 aliphatic rings. The fourth-order valence-corrected chi connectivity index (χ4v) is 9.57. The average molecular weight is 639 g/mol. The van der Waals surface area contributed by atoms with E-state index in [9.17, 15) is 14.7 Å². The summed E-state index contributed by atoms with van der Waals surface area (Å²) in [7, 11) is 0. The molecule has 1 saturated heterocycles. The Morgan fingerprint density at radius 2 is 1.67 bits per heavy atom. The summed E-state index contributed by atoms with van der Waals surface area (Å²) in [6.45, 7) is 4.31. The molecule has 48 heavy (non-hydrogen) atoms. The van der Waals surface area contributed by atoms with E-state index in [4.69, 9.17) is 9.47 Å². The Bertz CT molecular complexity index is 1910.